The lowest BCUT2D eigenvalue weighted by Crippen LogP contribution is -2.16. The average Bonchev–Trinajstić information content (AvgIpc) is 2.19. The number of hydrogen-bond donors (Lipinski definition) is 1. The van der Waals surface area contributed by atoms with Crippen molar-refractivity contribution in [2.24, 2.45) is 0 Å². The predicted octanol–water partition coefficient (Wildman–Crippen LogP) is 2.25. The monoisotopic (exact) mass is 224 g/mol. The largest absolute Gasteiger partial charge is 0.493 e. The lowest BCUT2D eigenvalue weighted by molar-refractivity contribution is -0.138. The van der Waals surface area contributed by atoms with Gasteiger partial charge in [-0.05, 0) is 31.5 Å². The van der Waals surface area contributed by atoms with E-state index in [9.17, 15) is 4.79 Å². The van der Waals surface area contributed by atoms with Crippen LogP contribution in [0.2, 0.25) is 0 Å². The van der Waals surface area contributed by atoms with E-state index in [1.165, 1.54) is 0 Å². The summed E-state index contributed by atoms with van der Waals surface area (Å²) in [6.45, 7) is 3.67. The van der Waals surface area contributed by atoms with Gasteiger partial charge >= 0.3 is 5.97 Å². The SMILES string of the molecule is COc1cc(C)ccc1O[C@H](C)CC(=O)O. The summed E-state index contributed by atoms with van der Waals surface area (Å²) in [7, 11) is 1.56. The Balaban J connectivity index is 2.76. The Hall–Kier alpha value is -1.71. The number of aliphatic carboxylic acids is 1. The summed E-state index contributed by atoms with van der Waals surface area (Å²) in [6, 6.07) is 5.53. The molecule has 1 rings (SSSR count). The Kier molecular flexibility index (Phi) is 4.17. The van der Waals surface area contributed by atoms with Gasteiger partial charge in [0, 0.05) is 0 Å². The molecule has 88 valence electrons. The summed E-state index contributed by atoms with van der Waals surface area (Å²) >= 11 is 0. The highest BCUT2D eigenvalue weighted by Crippen LogP contribution is 2.28. The summed E-state index contributed by atoms with van der Waals surface area (Å²) in [5, 5.41) is 8.62. The van der Waals surface area contributed by atoms with Crippen LogP contribution in [0.3, 0.4) is 0 Å². The van der Waals surface area contributed by atoms with Crippen molar-refractivity contribution in [3.63, 3.8) is 0 Å². The minimum atomic E-state index is -0.876. The Labute approximate surface area is 94.8 Å². The molecular formula is C12H16O4. The van der Waals surface area contributed by atoms with Crippen LogP contribution in [-0.2, 0) is 4.79 Å². The van der Waals surface area contributed by atoms with Crippen LogP contribution in [0.4, 0.5) is 0 Å². The second-order valence-corrected chi connectivity index (χ2v) is 3.68. The molecular weight excluding hydrogens is 208 g/mol. The van der Waals surface area contributed by atoms with Crippen LogP contribution in [0.15, 0.2) is 18.2 Å². The van der Waals surface area contributed by atoms with Crippen molar-refractivity contribution < 1.29 is 19.4 Å². The van der Waals surface area contributed by atoms with E-state index in [-0.39, 0.29) is 12.5 Å². The van der Waals surface area contributed by atoms with Crippen molar-refractivity contribution in [1.29, 1.82) is 0 Å². The second-order valence-electron chi connectivity index (χ2n) is 3.68. The lowest BCUT2D eigenvalue weighted by Gasteiger charge is -2.15. The number of benzene rings is 1. The third kappa shape index (κ3) is 3.46. The zero-order valence-corrected chi connectivity index (χ0v) is 9.69. The minimum absolute atomic E-state index is 0.0307. The van der Waals surface area contributed by atoms with Gasteiger partial charge in [0.2, 0.25) is 0 Å². The smallest absolute Gasteiger partial charge is 0.307 e. The van der Waals surface area contributed by atoms with Crippen LogP contribution in [0.1, 0.15) is 18.9 Å². The van der Waals surface area contributed by atoms with Gasteiger partial charge in [-0.2, -0.15) is 0 Å². The van der Waals surface area contributed by atoms with Gasteiger partial charge in [-0.3, -0.25) is 4.79 Å². The van der Waals surface area contributed by atoms with Crippen molar-refractivity contribution >= 4 is 5.97 Å². The Bertz CT molecular complexity index is 373. The van der Waals surface area contributed by atoms with Crippen molar-refractivity contribution in [1.82, 2.24) is 0 Å². The molecule has 4 nitrogen and oxygen atoms in total. The topological polar surface area (TPSA) is 55.8 Å². The molecule has 0 aliphatic carbocycles. The fourth-order valence-electron chi connectivity index (χ4n) is 1.38. The van der Waals surface area contributed by atoms with E-state index in [0.29, 0.717) is 11.5 Å². The number of carboxylic acids is 1. The van der Waals surface area contributed by atoms with Crippen LogP contribution in [0.25, 0.3) is 0 Å². The molecule has 16 heavy (non-hydrogen) atoms. The van der Waals surface area contributed by atoms with Gasteiger partial charge in [-0.25, -0.2) is 0 Å². The van der Waals surface area contributed by atoms with Gasteiger partial charge in [-0.15, -0.1) is 0 Å². The zero-order valence-electron chi connectivity index (χ0n) is 9.69. The quantitative estimate of drug-likeness (QED) is 0.833. The van der Waals surface area contributed by atoms with Gasteiger partial charge < -0.3 is 14.6 Å². The summed E-state index contributed by atoms with van der Waals surface area (Å²) < 4.78 is 10.7. The van der Waals surface area contributed by atoms with Gasteiger partial charge in [-0.1, -0.05) is 6.07 Å². The van der Waals surface area contributed by atoms with E-state index in [0.717, 1.165) is 5.56 Å². The van der Waals surface area contributed by atoms with Gasteiger partial charge in [0.1, 0.15) is 6.10 Å². The van der Waals surface area contributed by atoms with E-state index in [1.54, 1.807) is 20.1 Å². The Morgan fingerprint density at radius 3 is 2.69 bits per heavy atom. The first-order chi connectivity index (χ1) is 7.52. The summed E-state index contributed by atoms with van der Waals surface area (Å²) in [6.07, 6.45) is -0.411. The van der Waals surface area contributed by atoms with Crippen molar-refractivity contribution in [2.45, 2.75) is 26.4 Å². The molecule has 0 radical (unpaired) electrons. The van der Waals surface area contributed by atoms with E-state index in [1.807, 2.05) is 19.1 Å². The van der Waals surface area contributed by atoms with E-state index in [2.05, 4.69) is 0 Å². The number of hydrogen-bond acceptors (Lipinski definition) is 3. The van der Waals surface area contributed by atoms with Gasteiger partial charge in [0.05, 0.1) is 13.5 Å². The standard InChI is InChI=1S/C12H16O4/c1-8-4-5-10(11(6-8)15-3)16-9(2)7-12(13)14/h4-6,9H,7H2,1-3H3,(H,13,14)/t9-/m1/s1. The molecule has 0 aliphatic rings. The number of rotatable bonds is 5. The van der Waals surface area contributed by atoms with Crippen LogP contribution >= 0.6 is 0 Å². The molecule has 0 aliphatic heterocycles. The maximum Gasteiger partial charge on any atom is 0.307 e. The first kappa shape index (κ1) is 12.4. The average molecular weight is 224 g/mol. The number of ether oxygens (including phenoxy) is 2. The molecule has 0 saturated heterocycles. The molecule has 0 saturated carbocycles. The molecule has 1 atom stereocenters. The third-order valence-electron chi connectivity index (χ3n) is 2.11. The third-order valence-corrected chi connectivity index (χ3v) is 2.11. The molecule has 4 heteroatoms. The maximum absolute atomic E-state index is 10.5. The minimum Gasteiger partial charge on any atom is -0.493 e. The first-order valence-electron chi connectivity index (χ1n) is 5.06. The van der Waals surface area contributed by atoms with Crippen LogP contribution in [0, 0.1) is 6.92 Å². The van der Waals surface area contributed by atoms with Crippen molar-refractivity contribution in [3.8, 4) is 11.5 Å². The molecule has 0 heterocycles. The molecule has 0 fully saturated rings. The number of aryl methyl sites for hydroxylation is 1. The zero-order chi connectivity index (χ0) is 12.1. The molecule has 1 aromatic carbocycles. The first-order valence-corrected chi connectivity index (χ1v) is 5.06. The van der Waals surface area contributed by atoms with Crippen LogP contribution in [0.5, 0.6) is 11.5 Å². The molecule has 1 N–H and O–H groups in total. The predicted molar refractivity (Wildman–Crippen MR) is 60.1 cm³/mol. The van der Waals surface area contributed by atoms with Gasteiger partial charge in [0.25, 0.3) is 0 Å². The maximum atomic E-state index is 10.5. The van der Waals surface area contributed by atoms with Crippen molar-refractivity contribution in [2.75, 3.05) is 7.11 Å². The highest BCUT2D eigenvalue weighted by Gasteiger charge is 2.12. The second kappa shape index (κ2) is 5.39. The normalized spacial score (nSPS) is 11.9. The molecule has 0 unspecified atom stereocenters. The number of carboxylic acid groups (broad SMARTS) is 1. The summed E-state index contributed by atoms with van der Waals surface area (Å²) in [5.41, 5.74) is 1.06. The summed E-state index contributed by atoms with van der Waals surface area (Å²) in [4.78, 5) is 10.5. The fourth-order valence-corrected chi connectivity index (χ4v) is 1.38. The molecule has 0 amide bonds. The molecule has 0 aromatic heterocycles. The number of carbonyl (C=O) groups is 1. The van der Waals surface area contributed by atoms with Crippen molar-refractivity contribution in [3.05, 3.63) is 23.8 Å². The summed E-state index contributed by atoms with van der Waals surface area (Å²) in [5.74, 6) is 0.317. The molecule has 1 aromatic rings. The molecule has 0 bridgehead atoms. The highest BCUT2D eigenvalue weighted by atomic mass is 16.5. The lowest BCUT2D eigenvalue weighted by atomic mass is 10.2. The molecule has 0 spiro atoms. The fraction of sp³-hybridized carbons (Fsp3) is 0.417. The van der Waals surface area contributed by atoms with Crippen LogP contribution in [-0.4, -0.2) is 24.3 Å². The van der Waals surface area contributed by atoms with E-state index in [4.69, 9.17) is 14.6 Å². The van der Waals surface area contributed by atoms with Gasteiger partial charge in [0.15, 0.2) is 11.5 Å². The highest BCUT2D eigenvalue weighted by molar-refractivity contribution is 5.67. The van der Waals surface area contributed by atoms with E-state index < -0.39 is 5.97 Å². The van der Waals surface area contributed by atoms with E-state index >= 15 is 0 Å². The number of methoxy groups -OCH3 is 1. The Morgan fingerprint density at radius 2 is 2.12 bits per heavy atom. The van der Waals surface area contributed by atoms with Crippen LogP contribution < -0.4 is 9.47 Å². The Morgan fingerprint density at radius 1 is 1.44 bits per heavy atom.